The summed E-state index contributed by atoms with van der Waals surface area (Å²) in [5, 5.41) is 4.80. The van der Waals surface area contributed by atoms with Gasteiger partial charge in [0.25, 0.3) is 5.84 Å². The summed E-state index contributed by atoms with van der Waals surface area (Å²) in [6, 6.07) is 10.4. The first kappa shape index (κ1) is 18.6. The molecular formula is C18H22N3O3S2+. The number of hydrogen-bond acceptors (Lipinski definition) is 4. The fourth-order valence-electron chi connectivity index (χ4n) is 2.74. The number of carbonyl (C=O) groups excluding carboxylic acids is 1. The molecule has 0 saturated carbocycles. The number of aryl methyl sites for hydroxylation is 1. The van der Waals surface area contributed by atoms with E-state index < -0.39 is 10.0 Å². The van der Waals surface area contributed by atoms with Gasteiger partial charge in [0.1, 0.15) is 4.90 Å². The van der Waals surface area contributed by atoms with Gasteiger partial charge in [-0.3, -0.25) is 9.79 Å². The summed E-state index contributed by atoms with van der Waals surface area (Å²) in [5.41, 5.74) is 0.485. The average molecular weight is 393 g/mol. The molecule has 0 bridgehead atoms. The second kappa shape index (κ2) is 8.46. The Morgan fingerprint density at radius 3 is 2.85 bits per heavy atom. The molecule has 0 aliphatic carbocycles. The standard InChI is InChI=1S/C18H21N3O3S2/c22-18(10-2-6-15-7-4-12-25-15)20-14-5-1-8-16(13-14)26(23,24)21-17-9-3-11-19-17/h1,4-5,7-8,12-13H,2-3,6,9-11H2,(H,19,21)(H,20,22)/p+1. The summed E-state index contributed by atoms with van der Waals surface area (Å²) >= 11 is 1.68. The molecule has 0 saturated heterocycles. The number of rotatable bonds is 7. The van der Waals surface area contributed by atoms with E-state index in [1.54, 1.807) is 23.5 Å². The van der Waals surface area contributed by atoms with Crippen molar-refractivity contribution in [1.29, 1.82) is 0 Å². The molecule has 1 aromatic heterocycles. The van der Waals surface area contributed by atoms with Gasteiger partial charge < -0.3 is 5.32 Å². The highest BCUT2D eigenvalue weighted by molar-refractivity contribution is 7.90. The highest BCUT2D eigenvalue weighted by Crippen LogP contribution is 2.17. The maximum Gasteiger partial charge on any atom is 0.328 e. The lowest BCUT2D eigenvalue weighted by Crippen LogP contribution is -2.72. The van der Waals surface area contributed by atoms with Crippen molar-refractivity contribution in [2.75, 3.05) is 11.9 Å². The van der Waals surface area contributed by atoms with Crippen molar-refractivity contribution < 1.29 is 18.2 Å². The van der Waals surface area contributed by atoms with Crippen molar-refractivity contribution in [2.24, 2.45) is 0 Å². The van der Waals surface area contributed by atoms with Gasteiger partial charge in [0.05, 0.1) is 13.0 Å². The minimum atomic E-state index is -3.65. The van der Waals surface area contributed by atoms with E-state index in [-0.39, 0.29) is 10.8 Å². The van der Waals surface area contributed by atoms with E-state index in [0.29, 0.717) is 24.4 Å². The minimum Gasteiger partial charge on any atom is -0.326 e. The van der Waals surface area contributed by atoms with E-state index in [4.69, 9.17) is 0 Å². The molecule has 8 heteroatoms. The Kier molecular flexibility index (Phi) is 6.05. The fraction of sp³-hybridized carbons (Fsp3) is 0.333. The Morgan fingerprint density at radius 1 is 1.23 bits per heavy atom. The topological polar surface area (TPSA) is 89.2 Å². The van der Waals surface area contributed by atoms with Crippen molar-refractivity contribution >= 4 is 38.8 Å². The first-order valence-corrected chi connectivity index (χ1v) is 10.9. The Bertz CT molecular complexity index is 890. The third kappa shape index (κ3) is 5.15. The molecule has 0 spiro atoms. The summed E-state index contributed by atoms with van der Waals surface area (Å²) in [6.45, 7) is 0.777. The molecule has 1 aliphatic rings. The highest BCUT2D eigenvalue weighted by atomic mass is 32.2. The summed E-state index contributed by atoms with van der Waals surface area (Å²) < 4.78 is 27.5. The lowest BCUT2D eigenvalue weighted by molar-refractivity contribution is -0.448. The number of carbonyl (C=O) groups is 1. The van der Waals surface area contributed by atoms with E-state index in [2.05, 4.69) is 21.1 Å². The van der Waals surface area contributed by atoms with E-state index in [9.17, 15) is 13.2 Å². The SMILES string of the molecule is O=C(CCCc1cccs1)Nc1cccc(S(=O)(=O)NC2=[NH+]CCC2)c1. The maximum absolute atomic E-state index is 12.4. The van der Waals surface area contributed by atoms with Gasteiger partial charge in [-0.2, -0.15) is 13.1 Å². The number of benzene rings is 1. The van der Waals surface area contributed by atoms with Gasteiger partial charge in [-0.1, -0.05) is 12.1 Å². The molecular weight excluding hydrogens is 370 g/mol. The van der Waals surface area contributed by atoms with E-state index in [0.717, 1.165) is 25.8 Å². The lowest BCUT2D eigenvalue weighted by Gasteiger charge is -2.07. The Hall–Kier alpha value is -2.19. The quantitative estimate of drug-likeness (QED) is 0.663. The fourth-order valence-corrected chi connectivity index (χ4v) is 4.65. The third-order valence-electron chi connectivity index (χ3n) is 4.03. The van der Waals surface area contributed by atoms with E-state index in [1.807, 2.05) is 11.4 Å². The van der Waals surface area contributed by atoms with Gasteiger partial charge in [-0.05, 0) is 48.9 Å². The van der Waals surface area contributed by atoms with Crippen molar-refractivity contribution in [1.82, 2.24) is 4.72 Å². The number of hydrogen-bond donors (Lipinski definition) is 3. The average Bonchev–Trinajstić information content (AvgIpc) is 3.29. The van der Waals surface area contributed by atoms with Crippen molar-refractivity contribution in [3.05, 3.63) is 46.7 Å². The van der Waals surface area contributed by atoms with Crippen LogP contribution < -0.4 is 15.0 Å². The molecule has 0 fully saturated rings. The molecule has 138 valence electrons. The van der Waals surface area contributed by atoms with Crippen molar-refractivity contribution in [3.63, 3.8) is 0 Å². The van der Waals surface area contributed by atoms with Gasteiger partial charge in [0.15, 0.2) is 0 Å². The molecule has 2 heterocycles. The van der Waals surface area contributed by atoms with Crippen LogP contribution in [0.2, 0.25) is 0 Å². The van der Waals surface area contributed by atoms with Crippen LogP contribution in [0.15, 0.2) is 46.7 Å². The monoisotopic (exact) mass is 392 g/mol. The van der Waals surface area contributed by atoms with Gasteiger partial charge in [0, 0.05) is 17.0 Å². The number of anilines is 1. The number of sulfonamides is 1. The molecule has 0 unspecified atom stereocenters. The zero-order valence-electron chi connectivity index (χ0n) is 14.3. The first-order valence-electron chi connectivity index (χ1n) is 8.58. The third-order valence-corrected chi connectivity index (χ3v) is 6.36. The summed E-state index contributed by atoms with van der Waals surface area (Å²) in [4.78, 5) is 16.5. The Labute approximate surface area is 157 Å². The molecule has 6 nitrogen and oxygen atoms in total. The van der Waals surface area contributed by atoms with Gasteiger partial charge in [-0.15, -0.1) is 11.3 Å². The van der Waals surface area contributed by atoms with E-state index in [1.165, 1.54) is 17.0 Å². The maximum atomic E-state index is 12.4. The molecule has 1 amide bonds. The number of thiophene rings is 1. The molecule has 3 N–H and O–H groups in total. The second-order valence-electron chi connectivity index (χ2n) is 6.12. The van der Waals surface area contributed by atoms with Gasteiger partial charge >= 0.3 is 10.0 Å². The van der Waals surface area contributed by atoms with Gasteiger partial charge in [-0.25, -0.2) is 0 Å². The summed E-state index contributed by atoms with van der Waals surface area (Å²) in [7, 11) is -3.65. The Morgan fingerprint density at radius 2 is 2.12 bits per heavy atom. The van der Waals surface area contributed by atoms with E-state index >= 15 is 0 Å². The minimum absolute atomic E-state index is 0.115. The van der Waals surface area contributed by atoms with Crippen LogP contribution in [-0.2, 0) is 21.2 Å². The van der Waals surface area contributed by atoms with Crippen LogP contribution in [0.3, 0.4) is 0 Å². The molecule has 0 radical (unpaired) electrons. The number of amides is 1. The molecule has 2 aromatic rings. The van der Waals surface area contributed by atoms with Crippen LogP contribution in [0.25, 0.3) is 0 Å². The van der Waals surface area contributed by atoms with Crippen LogP contribution in [0.5, 0.6) is 0 Å². The zero-order valence-corrected chi connectivity index (χ0v) is 16.0. The van der Waals surface area contributed by atoms with Crippen LogP contribution in [0.4, 0.5) is 5.69 Å². The smallest absolute Gasteiger partial charge is 0.326 e. The normalized spacial score (nSPS) is 14.1. The number of amidine groups is 1. The van der Waals surface area contributed by atoms with Crippen molar-refractivity contribution in [3.8, 4) is 0 Å². The van der Waals surface area contributed by atoms with Crippen LogP contribution >= 0.6 is 11.3 Å². The van der Waals surface area contributed by atoms with Crippen LogP contribution in [0, 0.1) is 0 Å². The highest BCUT2D eigenvalue weighted by Gasteiger charge is 2.24. The summed E-state index contributed by atoms with van der Waals surface area (Å²) in [6.07, 6.45) is 3.64. The molecule has 1 aliphatic heterocycles. The molecule has 3 rings (SSSR count). The number of nitrogens with one attached hydrogen (secondary N) is 3. The second-order valence-corrected chi connectivity index (χ2v) is 8.84. The molecule has 0 atom stereocenters. The van der Waals surface area contributed by atoms with Gasteiger partial charge in [0.2, 0.25) is 5.91 Å². The predicted molar refractivity (Wildman–Crippen MR) is 103 cm³/mol. The zero-order chi connectivity index (χ0) is 18.4. The van der Waals surface area contributed by atoms with Crippen LogP contribution in [-0.4, -0.2) is 26.7 Å². The predicted octanol–water partition coefficient (Wildman–Crippen LogP) is 1.26. The van der Waals surface area contributed by atoms with Crippen LogP contribution in [0.1, 0.15) is 30.6 Å². The lowest BCUT2D eigenvalue weighted by atomic mass is 10.2. The Balaban J connectivity index is 1.57. The molecule has 26 heavy (non-hydrogen) atoms. The largest absolute Gasteiger partial charge is 0.328 e. The van der Waals surface area contributed by atoms with Crippen molar-refractivity contribution in [2.45, 2.75) is 37.0 Å². The summed E-state index contributed by atoms with van der Waals surface area (Å²) in [5.74, 6) is 0.504. The first-order chi connectivity index (χ1) is 12.5. The molecule has 1 aromatic carbocycles.